The summed E-state index contributed by atoms with van der Waals surface area (Å²) in [6, 6.07) is 16.4. The van der Waals surface area contributed by atoms with Gasteiger partial charge < -0.3 is 16.0 Å². The molecule has 4 rings (SSSR count). The van der Waals surface area contributed by atoms with E-state index in [9.17, 15) is 10.1 Å². The second kappa shape index (κ2) is 8.92. The number of piperazine rings is 1. The molecule has 3 N–H and O–H groups in total. The standard InChI is InChI=1S/C21H24N8O2/c1-15(19-24-20(22)26-21(25-19)23-16-7-3-2-4-8-16)27-11-13-28(14-12-27)17-9-5-6-10-18(17)29(30)31/h2-10,15H,11-14H2,1H3,(H3,22,23,24,25,26)/t15-/m0/s1. The van der Waals surface area contributed by atoms with E-state index >= 15 is 0 Å². The SMILES string of the molecule is C[C@@H](c1nc(N)nc(Nc2ccccc2)n1)N1CCN(c2ccccc2[N+](=O)[O-])CC1. The molecule has 160 valence electrons. The van der Waals surface area contributed by atoms with E-state index in [4.69, 9.17) is 5.73 Å². The van der Waals surface area contributed by atoms with Crippen molar-refractivity contribution in [1.29, 1.82) is 0 Å². The number of anilines is 4. The van der Waals surface area contributed by atoms with E-state index in [1.54, 1.807) is 18.2 Å². The van der Waals surface area contributed by atoms with Crippen LogP contribution in [0.1, 0.15) is 18.8 Å². The van der Waals surface area contributed by atoms with Crippen molar-refractivity contribution in [2.75, 3.05) is 42.1 Å². The van der Waals surface area contributed by atoms with Crippen molar-refractivity contribution >= 4 is 29.0 Å². The fourth-order valence-corrected chi connectivity index (χ4v) is 3.70. The van der Waals surface area contributed by atoms with Gasteiger partial charge in [0.15, 0.2) is 5.82 Å². The Balaban J connectivity index is 1.45. The molecule has 0 saturated carbocycles. The first-order valence-electron chi connectivity index (χ1n) is 10.1. The average Bonchev–Trinajstić information content (AvgIpc) is 2.79. The van der Waals surface area contributed by atoms with Crippen LogP contribution < -0.4 is 16.0 Å². The van der Waals surface area contributed by atoms with Gasteiger partial charge in [0.2, 0.25) is 11.9 Å². The maximum atomic E-state index is 11.3. The minimum absolute atomic E-state index is 0.0745. The molecule has 10 heteroatoms. The zero-order chi connectivity index (χ0) is 21.8. The number of nitrogens with zero attached hydrogens (tertiary/aromatic N) is 6. The molecule has 2 aromatic carbocycles. The highest BCUT2D eigenvalue weighted by Crippen LogP contribution is 2.29. The lowest BCUT2D eigenvalue weighted by atomic mass is 10.2. The molecule has 0 unspecified atom stereocenters. The first-order chi connectivity index (χ1) is 15.0. The minimum Gasteiger partial charge on any atom is -0.368 e. The van der Waals surface area contributed by atoms with Crippen LogP contribution in [0, 0.1) is 10.1 Å². The van der Waals surface area contributed by atoms with Gasteiger partial charge in [0.25, 0.3) is 5.69 Å². The summed E-state index contributed by atoms with van der Waals surface area (Å²) in [5.41, 5.74) is 7.58. The number of hydrogen-bond donors (Lipinski definition) is 2. The highest BCUT2D eigenvalue weighted by molar-refractivity contribution is 5.63. The van der Waals surface area contributed by atoms with E-state index in [-0.39, 0.29) is 22.6 Å². The average molecular weight is 420 g/mol. The van der Waals surface area contributed by atoms with Crippen molar-refractivity contribution in [3.63, 3.8) is 0 Å². The molecule has 0 amide bonds. The predicted octanol–water partition coefficient (Wildman–Crippen LogP) is 2.99. The van der Waals surface area contributed by atoms with Crippen molar-refractivity contribution < 1.29 is 4.92 Å². The second-order valence-corrected chi connectivity index (χ2v) is 7.31. The lowest BCUT2D eigenvalue weighted by molar-refractivity contribution is -0.384. The third-order valence-corrected chi connectivity index (χ3v) is 5.35. The van der Waals surface area contributed by atoms with Gasteiger partial charge in [-0.1, -0.05) is 30.3 Å². The number of nitro groups is 1. The van der Waals surface area contributed by atoms with Crippen molar-refractivity contribution in [1.82, 2.24) is 19.9 Å². The Morgan fingerprint density at radius 1 is 1.00 bits per heavy atom. The third kappa shape index (κ3) is 4.69. The fourth-order valence-electron chi connectivity index (χ4n) is 3.70. The minimum atomic E-state index is -0.334. The van der Waals surface area contributed by atoms with Crippen LogP contribution >= 0.6 is 0 Å². The summed E-state index contributed by atoms with van der Waals surface area (Å²) in [6.45, 7) is 4.82. The van der Waals surface area contributed by atoms with E-state index in [1.165, 1.54) is 0 Å². The van der Waals surface area contributed by atoms with Gasteiger partial charge in [-0.05, 0) is 25.1 Å². The van der Waals surface area contributed by atoms with Crippen LogP contribution in [0.3, 0.4) is 0 Å². The number of nitrogens with two attached hydrogens (primary N) is 1. The van der Waals surface area contributed by atoms with Crippen LogP contribution in [0.25, 0.3) is 0 Å². The van der Waals surface area contributed by atoms with Crippen LogP contribution in [0.2, 0.25) is 0 Å². The van der Waals surface area contributed by atoms with Gasteiger partial charge in [-0.15, -0.1) is 0 Å². The Hall–Kier alpha value is -3.79. The molecule has 1 aromatic heterocycles. The van der Waals surface area contributed by atoms with E-state index in [1.807, 2.05) is 48.2 Å². The van der Waals surface area contributed by atoms with Crippen LogP contribution in [-0.2, 0) is 0 Å². The summed E-state index contributed by atoms with van der Waals surface area (Å²) in [5.74, 6) is 1.15. The highest BCUT2D eigenvalue weighted by Gasteiger charge is 2.27. The topological polar surface area (TPSA) is 126 Å². The van der Waals surface area contributed by atoms with Gasteiger partial charge in [-0.3, -0.25) is 15.0 Å². The van der Waals surface area contributed by atoms with Gasteiger partial charge in [0, 0.05) is 37.9 Å². The van der Waals surface area contributed by atoms with Crippen LogP contribution in [0.15, 0.2) is 54.6 Å². The van der Waals surface area contributed by atoms with E-state index < -0.39 is 0 Å². The number of para-hydroxylation sites is 3. The van der Waals surface area contributed by atoms with E-state index in [0.717, 1.165) is 18.8 Å². The molecule has 0 aliphatic carbocycles. The molecule has 0 spiro atoms. The quantitative estimate of drug-likeness (QED) is 0.457. The number of aromatic nitrogens is 3. The van der Waals surface area contributed by atoms with Gasteiger partial charge >= 0.3 is 0 Å². The second-order valence-electron chi connectivity index (χ2n) is 7.31. The van der Waals surface area contributed by atoms with E-state index in [0.29, 0.717) is 30.5 Å². The van der Waals surface area contributed by atoms with Crippen LogP contribution in [0.4, 0.5) is 29.0 Å². The summed E-state index contributed by atoms with van der Waals surface area (Å²) in [5, 5.41) is 14.5. The van der Waals surface area contributed by atoms with Crippen molar-refractivity contribution in [2.45, 2.75) is 13.0 Å². The van der Waals surface area contributed by atoms with Crippen LogP contribution in [-0.4, -0.2) is 51.0 Å². The maximum Gasteiger partial charge on any atom is 0.292 e. The Morgan fingerprint density at radius 2 is 1.68 bits per heavy atom. The molecule has 31 heavy (non-hydrogen) atoms. The normalized spacial score (nSPS) is 15.5. The fraction of sp³-hybridized carbons (Fsp3) is 0.286. The molecule has 1 aliphatic rings. The summed E-state index contributed by atoms with van der Waals surface area (Å²) in [4.78, 5) is 28.4. The van der Waals surface area contributed by atoms with Crippen molar-refractivity contribution in [3.05, 3.63) is 70.5 Å². The Bertz CT molecular complexity index is 1050. The lowest BCUT2D eigenvalue weighted by Gasteiger charge is -2.38. The molecule has 1 saturated heterocycles. The number of rotatable bonds is 6. The Kier molecular flexibility index (Phi) is 5.89. The zero-order valence-corrected chi connectivity index (χ0v) is 17.2. The highest BCUT2D eigenvalue weighted by atomic mass is 16.6. The number of nitrogens with one attached hydrogen (secondary N) is 1. The summed E-state index contributed by atoms with van der Waals surface area (Å²) in [6.07, 6.45) is 0. The zero-order valence-electron chi connectivity index (χ0n) is 17.2. The number of hydrogen-bond acceptors (Lipinski definition) is 9. The third-order valence-electron chi connectivity index (χ3n) is 5.35. The molecular weight excluding hydrogens is 396 g/mol. The van der Waals surface area contributed by atoms with Gasteiger partial charge in [0.1, 0.15) is 5.69 Å². The van der Waals surface area contributed by atoms with E-state index in [2.05, 4.69) is 25.2 Å². The summed E-state index contributed by atoms with van der Waals surface area (Å²) < 4.78 is 0. The number of nitro benzene ring substituents is 1. The van der Waals surface area contributed by atoms with Gasteiger partial charge in [-0.2, -0.15) is 15.0 Å². The maximum absolute atomic E-state index is 11.3. The molecular formula is C21H24N8O2. The summed E-state index contributed by atoms with van der Waals surface area (Å²) in [7, 11) is 0. The first kappa shape index (κ1) is 20.5. The summed E-state index contributed by atoms with van der Waals surface area (Å²) >= 11 is 0. The smallest absolute Gasteiger partial charge is 0.292 e. The number of benzene rings is 2. The lowest BCUT2D eigenvalue weighted by Crippen LogP contribution is -2.47. The monoisotopic (exact) mass is 420 g/mol. The largest absolute Gasteiger partial charge is 0.368 e. The Morgan fingerprint density at radius 3 is 2.39 bits per heavy atom. The predicted molar refractivity (Wildman–Crippen MR) is 119 cm³/mol. The molecule has 10 nitrogen and oxygen atoms in total. The molecule has 0 radical (unpaired) electrons. The van der Waals surface area contributed by atoms with Crippen LogP contribution in [0.5, 0.6) is 0 Å². The Labute approximate surface area is 179 Å². The molecule has 1 atom stereocenters. The molecule has 1 aliphatic heterocycles. The molecule has 0 bridgehead atoms. The molecule has 3 aromatic rings. The first-order valence-corrected chi connectivity index (χ1v) is 10.1. The van der Waals surface area contributed by atoms with Crippen molar-refractivity contribution in [2.24, 2.45) is 0 Å². The molecule has 2 heterocycles. The van der Waals surface area contributed by atoms with Crippen molar-refractivity contribution in [3.8, 4) is 0 Å². The van der Waals surface area contributed by atoms with Gasteiger partial charge in [0.05, 0.1) is 11.0 Å². The number of nitrogen functional groups attached to an aromatic ring is 1. The van der Waals surface area contributed by atoms with Gasteiger partial charge in [-0.25, -0.2) is 0 Å². The molecule has 1 fully saturated rings.